The molecule has 22 heavy (non-hydrogen) atoms. The van der Waals surface area contributed by atoms with Gasteiger partial charge in [-0.3, -0.25) is 14.3 Å². The van der Waals surface area contributed by atoms with E-state index in [9.17, 15) is 9.59 Å². The van der Waals surface area contributed by atoms with Gasteiger partial charge in [-0.25, -0.2) is 4.79 Å². The number of carbonyl (C=O) groups excluding carboxylic acids is 1. The highest BCUT2D eigenvalue weighted by atomic mass is 16.5. The maximum Gasteiger partial charge on any atom is 0.419 e. The Morgan fingerprint density at radius 2 is 2.00 bits per heavy atom. The third-order valence-corrected chi connectivity index (χ3v) is 3.22. The molecule has 0 bridgehead atoms. The lowest BCUT2D eigenvalue weighted by Gasteiger charge is -2.04. The third-order valence-electron chi connectivity index (χ3n) is 3.22. The smallest absolute Gasteiger partial charge is 0.419 e. The molecule has 3 rings (SSSR count). The van der Waals surface area contributed by atoms with Gasteiger partial charge in [-0.15, -0.1) is 0 Å². The Balaban J connectivity index is 1.61. The standard InChI is InChI=1S/C16H14N2O4/c19-15(21-11-12-5-3-4-9-17-12)8-10-18-13-6-1-2-7-14(13)22-16(18)20/h1-7,9H,8,10-11H2. The molecule has 0 spiro atoms. The van der Waals surface area contributed by atoms with Gasteiger partial charge in [-0.1, -0.05) is 18.2 Å². The van der Waals surface area contributed by atoms with Crippen molar-refractivity contribution in [3.05, 3.63) is 64.9 Å². The number of benzene rings is 1. The number of nitrogens with zero attached hydrogens (tertiary/aromatic N) is 2. The molecule has 0 saturated heterocycles. The molecule has 3 aromatic rings. The number of para-hydroxylation sites is 2. The number of esters is 1. The van der Waals surface area contributed by atoms with E-state index in [1.807, 2.05) is 12.1 Å². The van der Waals surface area contributed by atoms with Crippen molar-refractivity contribution in [1.82, 2.24) is 9.55 Å². The van der Waals surface area contributed by atoms with E-state index in [4.69, 9.17) is 9.15 Å². The summed E-state index contributed by atoms with van der Waals surface area (Å²) in [5, 5.41) is 0. The number of pyridine rings is 1. The maximum absolute atomic E-state index is 11.8. The molecule has 6 nitrogen and oxygen atoms in total. The van der Waals surface area contributed by atoms with Gasteiger partial charge in [0, 0.05) is 12.7 Å². The summed E-state index contributed by atoms with van der Waals surface area (Å²) in [6.45, 7) is 0.345. The van der Waals surface area contributed by atoms with Crippen LogP contribution in [0.3, 0.4) is 0 Å². The Hall–Kier alpha value is -2.89. The van der Waals surface area contributed by atoms with E-state index in [0.717, 1.165) is 0 Å². The maximum atomic E-state index is 11.8. The molecule has 0 aliphatic carbocycles. The molecule has 112 valence electrons. The fraction of sp³-hybridized carbons (Fsp3) is 0.188. The van der Waals surface area contributed by atoms with Crippen molar-refractivity contribution in [3.8, 4) is 0 Å². The average molecular weight is 298 g/mol. The molecule has 0 saturated carbocycles. The number of aryl methyl sites for hydroxylation is 1. The van der Waals surface area contributed by atoms with Gasteiger partial charge in [0.2, 0.25) is 0 Å². The summed E-state index contributed by atoms with van der Waals surface area (Å²) in [5.74, 6) is -0.860. The first-order valence-electron chi connectivity index (χ1n) is 6.88. The largest absolute Gasteiger partial charge is 0.459 e. The van der Waals surface area contributed by atoms with Crippen LogP contribution in [0, 0.1) is 0 Å². The van der Waals surface area contributed by atoms with Crippen LogP contribution in [0.4, 0.5) is 0 Å². The zero-order valence-electron chi connectivity index (χ0n) is 11.8. The lowest BCUT2D eigenvalue weighted by Crippen LogP contribution is -2.17. The SMILES string of the molecule is O=C(CCn1c(=O)oc2ccccc21)OCc1ccccn1. The quantitative estimate of drug-likeness (QED) is 0.674. The zero-order valence-corrected chi connectivity index (χ0v) is 11.8. The van der Waals surface area contributed by atoms with Crippen molar-refractivity contribution in [3.63, 3.8) is 0 Å². The first-order valence-corrected chi connectivity index (χ1v) is 6.88. The topological polar surface area (TPSA) is 74.3 Å². The molecule has 2 heterocycles. The predicted molar refractivity (Wildman–Crippen MR) is 79.1 cm³/mol. The van der Waals surface area contributed by atoms with Gasteiger partial charge in [0.15, 0.2) is 5.58 Å². The number of fused-ring (bicyclic) bond motifs is 1. The van der Waals surface area contributed by atoms with Crippen molar-refractivity contribution in [2.24, 2.45) is 0 Å². The van der Waals surface area contributed by atoms with E-state index < -0.39 is 5.76 Å². The lowest BCUT2D eigenvalue weighted by atomic mass is 10.3. The minimum absolute atomic E-state index is 0.0935. The van der Waals surface area contributed by atoms with Crippen molar-refractivity contribution in [2.45, 2.75) is 19.6 Å². The van der Waals surface area contributed by atoms with Crippen LogP contribution in [0.1, 0.15) is 12.1 Å². The Labute approximate surface area is 126 Å². The molecule has 0 atom stereocenters. The molecular formula is C16H14N2O4. The van der Waals surface area contributed by atoms with Crippen LogP contribution in [-0.4, -0.2) is 15.5 Å². The predicted octanol–water partition coefficient (Wildman–Crippen LogP) is 2.12. The minimum Gasteiger partial charge on any atom is -0.459 e. The van der Waals surface area contributed by atoms with Crippen LogP contribution in [0.25, 0.3) is 11.1 Å². The van der Waals surface area contributed by atoms with Gasteiger partial charge in [0.1, 0.15) is 6.61 Å². The Morgan fingerprint density at radius 1 is 1.18 bits per heavy atom. The fourth-order valence-electron chi connectivity index (χ4n) is 2.14. The second-order valence-corrected chi connectivity index (χ2v) is 4.72. The van der Waals surface area contributed by atoms with Crippen LogP contribution in [0.5, 0.6) is 0 Å². The number of aromatic nitrogens is 2. The number of hydrogen-bond acceptors (Lipinski definition) is 5. The lowest BCUT2D eigenvalue weighted by molar-refractivity contribution is -0.145. The van der Waals surface area contributed by atoms with Gasteiger partial charge in [-0.2, -0.15) is 0 Å². The molecule has 0 amide bonds. The highest BCUT2D eigenvalue weighted by Crippen LogP contribution is 2.12. The molecule has 0 radical (unpaired) electrons. The average Bonchev–Trinajstić information content (AvgIpc) is 2.87. The van der Waals surface area contributed by atoms with E-state index >= 15 is 0 Å². The van der Waals surface area contributed by atoms with Crippen molar-refractivity contribution < 1.29 is 13.9 Å². The number of rotatable bonds is 5. The van der Waals surface area contributed by atoms with Crippen LogP contribution in [0.15, 0.2) is 57.9 Å². The third kappa shape index (κ3) is 3.06. The second-order valence-electron chi connectivity index (χ2n) is 4.72. The van der Waals surface area contributed by atoms with Crippen LogP contribution in [-0.2, 0) is 22.7 Å². The number of ether oxygens (including phenoxy) is 1. The molecule has 6 heteroatoms. The Bertz CT molecular complexity index is 836. The van der Waals surface area contributed by atoms with Crippen molar-refractivity contribution in [1.29, 1.82) is 0 Å². The summed E-state index contributed by atoms with van der Waals surface area (Å²) in [7, 11) is 0. The molecule has 0 unspecified atom stereocenters. The normalized spacial score (nSPS) is 10.7. The summed E-state index contributed by atoms with van der Waals surface area (Å²) in [5.41, 5.74) is 1.86. The Kier molecular flexibility index (Phi) is 4.00. The number of oxazole rings is 1. The highest BCUT2D eigenvalue weighted by Gasteiger charge is 2.11. The summed E-state index contributed by atoms with van der Waals surface area (Å²) in [6.07, 6.45) is 1.73. The van der Waals surface area contributed by atoms with E-state index in [1.165, 1.54) is 4.57 Å². The summed E-state index contributed by atoms with van der Waals surface area (Å²) >= 11 is 0. The van der Waals surface area contributed by atoms with Crippen molar-refractivity contribution in [2.75, 3.05) is 0 Å². The minimum atomic E-state index is -0.473. The summed E-state index contributed by atoms with van der Waals surface area (Å²) in [6, 6.07) is 12.5. The number of carbonyl (C=O) groups is 1. The molecule has 2 aromatic heterocycles. The molecule has 0 aliphatic heterocycles. The second kappa shape index (κ2) is 6.26. The van der Waals surface area contributed by atoms with Gasteiger partial charge >= 0.3 is 11.7 Å². The van der Waals surface area contributed by atoms with E-state index in [2.05, 4.69) is 4.98 Å². The molecule has 0 N–H and O–H groups in total. The van der Waals surface area contributed by atoms with E-state index in [0.29, 0.717) is 16.8 Å². The monoisotopic (exact) mass is 298 g/mol. The summed E-state index contributed by atoms with van der Waals surface area (Å²) < 4.78 is 11.7. The van der Waals surface area contributed by atoms with Gasteiger partial charge in [0.05, 0.1) is 17.6 Å². The van der Waals surface area contributed by atoms with E-state index in [-0.39, 0.29) is 25.5 Å². The zero-order chi connectivity index (χ0) is 15.4. The number of hydrogen-bond donors (Lipinski definition) is 0. The molecule has 0 aliphatic rings. The highest BCUT2D eigenvalue weighted by molar-refractivity contribution is 5.73. The van der Waals surface area contributed by atoms with Gasteiger partial charge in [-0.05, 0) is 24.3 Å². The van der Waals surface area contributed by atoms with Gasteiger partial charge in [0.25, 0.3) is 0 Å². The van der Waals surface area contributed by atoms with Crippen molar-refractivity contribution >= 4 is 17.1 Å². The van der Waals surface area contributed by atoms with Crippen LogP contribution >= 0.6 is 0 Å². The molecular weight excluding hydrogens is 284 g/mol. The summed E-state index contributed by atoms with van der Waals surface area (Å²) in [4.78, 5) is 27.6. The van der Waals surface area contributed by atoms with E-state index in [1.54, 1.807) is 36.5 Å². The van der Waals surface area contributed by atoms with Crippen LogP contribution in [0.2, 0.25) is 0 Å². The van der Waals surface area contributed by atoms with Gasteiger partial charge < -0.3 is 9.15 Å². The first-order chi connectivity index (χ1) is 10.7. The molecule has 1 aromatic carbocycles. The fourth-order valence-corrected chi connectivity index (χ4v) is 2.14. The Morgan fingerprint density at radius 3 is 2.82 bits per heavy atom. The van der Waals surface area contributed by atoms with Crippen LogP contribution < -0.4 is 5.76 Å². The molecule has 0 fully saturated rings. The first kappa shape index (κ1) is 14.1.